The molecular weight excluding hydrogens is 587 g/mol. The van der Waals surface area contributed by atoms with Gasteiger partial charge in [0.25, 0.3) is 0 Å². The number of halogens is 3. The van der Waals surface area contributed by atoms with Crippen molar-refractivity contribution in [2.75, 3.05) is 0 Å². The van der Waals surface area contributed by atoms with E-state index in [0.29, 0.717) is 16.9 Å². The molecule has 0 atom stereocenters. The summed E-state index contributed by atoms with van der Waals surface area (Å²) >= 11 is 0. The average molecular weight is 610 g/mol. The number of fused-ring (bicyclic) bond motifs is 8. The largest absolute Gasteiger partial charge is 0.573 e. The fourth-order valence-electron chi connectivity index (χ4n) is 6.56. The second-order valence-corrected chi connectivity index (χ2v) is 11.1. The van der Waals surface area contributed by atoms with Gasteiger partial charge in [-0.05, 0) is 60.7 Å². The van der Waals surface area contributed by atoms with Gasteiger partial charge in [-0.3, -0.25) is 4.57 Å². The first-order valence-electron chi connectivity index (χ1n) is 14.7. The second kappa shape index (κ2) is 9.74. The van der Waals surface area contributed by atoms with Crippen molar-refractivity contribution in [3.63, 3.8) is 0 Å². The normalized spacial score (nSPS) is 12.2. The molecule has 0 amide bonds. The summed E-state index contributed by atoms with van der Waals surface area (Å²) in [6.07, 6.45) is -4.81. The van der Waals surface area contributed by atoms with E-state index in [1.54, 1.807) is 6.07 Å². The number of aromatic nitrogens is 3. The zero-order valence-electron chi connectivity index (χ0n) is 24.0. The number of imidazole rings is 1. The number of benzene rings is 6. The van der Waals surface area contributed by atoms with Crippen molar-refractivity contribution < 1.29 is 22.3 Å². The lowest BCUT2D eigenvalue weighted by Crippen LogP contribution is -2.17. The Morgan fingerprint density at radius 2 is 1.28 bits per heavy atom. The van der Waals surface area contributed by atoms with E-state index in [4.69, 9.17) is 9.40 Å². The summed E-state index contributed by atoms with van der Waals surface area (Å²) in [4.78, 5) is 4.81. The number of alkyl halides is 3. The first-order chi connectivity index (χ1) is 22.4. The molecule has 6 aromatic carbocycles. The van der Waals surface area contributed by atoms with E-state index in [0.717, 1.165) is 60.7 Å². The van der Waals surface area contributed by atoms with E-state index < -0.39 is 6.36 Å². The van der Waals surface area contributed by atoms with Gasteiger partial charge in [-0.1, -0.05) is 66.7 Å². The summed E-state index contributed by atoms with van der Waals surface area (Å²) in [7, 11) is 0. The van der Waals surface area contributed by atoms with Crippen LogP contribution in [0.4, 0.5) is 13.2 Å². The first kappa shape index (κ1) is 26.4. The van der Waals surface area contributed by atoms with Crippen molar-refractivity contribution in [1.82, 2.24) is 14.1 Å². The van der Waals surface area contributed by atoms with E-state index in [2.05, 4.69) is 39.6 Å². The topological polar surface area (TPSA) is 45.1 Å². The third-order valence-electron chi connectivity index (χ3n) is 8.44. The molecular formula is C38H22F3N3O2. The number of hydrogen-bond donors (Lipinski definition) is 0. The Labute approximate surface area is 259 Å². The van der Waals surface area contributed by atoms with Crippen LogP contribution >= 0.6 is 0 Å². The monoisotopic (exact) mass is 609 g/mol. The molecule has 0 saturated heterocycles. The van der Waals surface area contributed by atoms with Gasteiger partial charge in [0.15, 0.2) is 0 Å². The minimum absolute atomic E-state index is 0.306. The zero-order chi connectivity index (χ0) is 31.0. The average Bonchev–Trinajstić information content (AvgIpc) is 3.74. The Morgan fingerprint density at radius 3 is 2.07 bits per heavy atom. The highest BCUT2D eigenvalue weighted by molar-refractivity contribution is 6.23. The lowest BCUT2D eigenvalue weighted by Gasteiger charge is -2.13. The van der Waals surface area contributed by atoms with E-state index >= 15 is 0 Å². The third-order valence-corrected chi connectivity index (χ3v) is 8.44. The number of nitrogens with zero attached hydrogens (tertiary/aromatic N) is 3. The maximum absolute atomic E-state index is 13.1. The van der Waals surface area contributed by atoms with E-state index in [9.17, 15) is 13.2 Å². The quantitative estimate of drug-likeness (QED) is 0.199. The highest BCUT2D eigenvalue weighted by Crippen LogP contribution is 2.41. The predicted octanol–water partition coefficient (Wildman–Crippen LogP) is 10.6. The van der Waals surface area contributed by atoms with Crippen molar-refractivity contribution in [2.24, 2.45) is 0 Å². The van der Waals surface area contributed by atoms with Crippen LogP contribution < -0.4 is 4.74 Å². The maximum Gasteiger partial charge on any atom is 0.573 e. The van der Waals surface area contributed by atoms with Crippen LogP contribution in [-0.4, -0.2) is 20.5 Å². The molecule has 0 N–H and O–H groups in total. The molecule has 0 aliphatic carbocycles. The molecule has 8 heteroatoms. The highest BCUT2D eigenvalue weighted by atomic mass is 19.4. The molecule has 9 aromatic rings. The molecule has 5 nitrogen and oxygen atoms in total. The SMILES string of the molecule is FC(F)(F)Oc1ccc2nc(-c3ccccc3)n(-c3ccc(-n4c5ccccc5c5c6oc7ccccc7c6ccc54)cc3)c2c1. The standard InChI is InChI=1S/C38H22F3N3O2/c39-38(40,41)46-26-18-20-30-33(22-26)44(37(42-30)23-8-2-1-3-9-23)25-16-14-24(15-17-25)43-31-12-6-4-11-29(31)35-32(43)21-19-28-27-10-5-7-13-34(27)45-36(28)35/h1-22H. The number of hydrogen-bond acceptors (Lipinski definition) is 3. The summed E-state index contributed by atoms with van der Waals surface area (Å²) in [6.45, 7) is 0. The lowest BCUT2D eigenvalue weighted by atomic mass is 10.1. The summed E-state index contributed by atoms with van der Waals surface area (Å²) in [6, 6.07) is 42.3. The smallest absolute Gasteiger partial charge is 0.455 e. The van der Waals surface area contributed by atoms with Crippen LogP contribution in [0.2, 0.25) is 0 Å². The molecule has 3 aromatic heterocycles. The van der Waals surface area contributed by atoms with E-state index in [1.165, 1.54) is 12.1 Å². The molecule has 0 spiro atoms. The first-order valence-corrected chi connectivity index (χ1v) is 14.7. The molecule has 0 bridgehead atoms. The van der Waals surface area contributed by atoms with Gasteiger partial charge in [-0.25, -0.2) is 4.98 Å². The summed E-state index contributed by atoms with van der Waals surface area (Å²) in [5, 5.41) is 4.26. The number of para-hydroxylation sites is 2. The van der Waals surface area contributed by atoms with Crippen molar-refractivity contribution in [1.29, 1.82) is 0 Å². The van der Waals surface area contributed by atoms with Gasteiger partial charge < -0.3 is 13.7 Å². The Bertz CT molecular complexity index is 2600. The molecule has 0 unspecified atom stereocenters. The molecule has 0 aliphatic heterocycles. The Morgan fingerprint density at radius 1 is 0.587 bits per heavy atom. The van der Waals surface area contributed by atoms with Crippen LogP contribution in [0.1, 0.15) is 0 Å². The summed E-state index contributed by atoms with van der Waals surface area (Å²) in [5.74, 6) is 0.302. The Hall–Kier alpha value is -6.02. The predicted molar refractivity (Wildman–Crippen MR) is 175 cm³/mol. The fraction of sp³-hybridized carbons (Fsp3) is 0.0263. The minimum Gasteiger partial charge on any atom is -0.455 e. The van der Waals surface area contributed by atoms with Crippen LogP contribution in [0.3, 0.4) is 0 Å². The van der Waals surface area contributed by atoms with Crippen molar-refractivity contribution in [3.8, 4) is 28.5 Å². The number of rotatable bonds is 4. The minimum atomic E-state index is -4.81. The summed E-state index contributed by atoms with van der Waals surface area (Å²) in [5.41, 5.74) is 7.28. The maximum atomic E-state index is 13.1. The van der Waals surface area contributed by atoms with Gasteiger partial charge in [0.1, 0.15) is 22.7 Å². The van der Waals surface area contributed by atoms with Gasteiger partial charge in [0, 0.05) is 39.2 Å². The van der Waals surface area contributed by atoms with Gasteiger partial charge in [0.05, 0.1) is 27.5 Å². The lowest BCUT2D eigenvalue weighted by molar-refractivity contribution is -0.274. The van der Waals surface area contributed by atoms with Gasteiger partial charge in [-0.2, -0.15) is 0 Å². The number of ether oxygens (including phenoxy) is 1. The van der Waals surface area contributed by atoms with E-state index in [1.807, 2.05) is 89.5 Å². The van der Waals surface area contributed by atoms with Crippen molar-refractivity contribution in [2.45, 2.75) is 6.36 Å². The molecule has 3 heterocycles. The van der Waals surface area contributed by atoms with Gasteiger partial charge in [-0.15, -0.1) is 13.2 Å². The van der Waals surface area contributed by atoms with Crippen molar-refractivity contribution >= 4 is 54.8 Å². The summed E-state index contributed by atoms with van der Waals surface area (Å²) < 4.78 is 54.1. The molecule has 0 aliphatic rings. The van der Waals surface area contributed by atoms with Crippen molar-refractivity contribution in [3.05, 3.63) is 133 Å². The fourth-order valence-corrected chi connectivity index (χ4v) is 6.56. The molecule has 0 radical (unpaired) electrons. The molecule has 0 fully saturated rings. The third kappa shape index (κ3) is 4.07. The van der Waals surface area contributed by atoms with Crippen LogP contribution in [-0.2, 0) is 0 Å². The van der Waals surface area contributed by atoms with Gasteiger partial charge in [0.2, 0.25) is 0 Å². The van der Waals surface area contributed by atoms with E-state index in [-0.39, 0.29) is 5.75 Å². The number of furan rings is 1. The van der Waals surface area contributed by atoms with Gasteiger partial charge >= 0.3 is 6.36 Å². The zero-order valence-corrected chi connectivity index (χ0v) is 24.0. The molecule has 9 rings (SSSR count). The Kier molecular flexibility index (Phi) is 5.59. The second-order valence-electron chi connectivity index (χ2n) is 11.1. The highest BCUT2D eigenvalue weighted by Gasteiger charge is 2.31. The van der Waals surface area contributed by atoms with Crippen LogP contribution in [0.5, 0.6) is 5.75 Å². The molecule has 222 valence electrons. The van der Waals surface area contributed by atoms with Crippen LogP contribution in [0.25, 0.3) is 77.5 Å². The molecule has 0 saturated carbocycles. The van der Waals surface area contributed by atoms with Crippen LogP contribution in [0.15, 0.2) is 138 Å². The molecule has 46 heavy (non-hydrogen) atoms. The Balaban J connectivity index is 1.24. The van der Waals surface area contributed by atoms with Crippen LogP contribution in [0, 0.1) is 0 Å².